The second-order valence-electron chi connectivity index (χ2n) is 3.54. The maximum atomic E-state index is 8.86. The van der Waals surface area contributed by atoms with Crippen molar-refractivity contribution in [3.05, 3.63) is 29.8 Å². The van der Waals surface area contributed by atoms with Gasteiger partial charge in [-0.05, 0) is 31.5 Å². The first-order valence-electron chi connectivity index (χ1n) is 5.32. The molecule has 0 heterocycles. The van der Waals surface area contributed by atoms with Gasteiger partial charge in [0.15, 0.2) is 0 Å². The molecule has 84 valence electrons. The lowest BCUT2D eigenvalue weighted by Crippen LogP contribution is -2.28. The van der Waals surface area contributed by atoms with Crippen molar-refractivity contribution in [1.82, 2.24) is 5.32 Å². The first-order chi connectivity index (χ1) is 7.26. The molecule has 1 aromatic rings. The van der Waals surface area contributed by atoms with E-state index in [-0.39, 0.29) is 12.6 Å². The van der Waals surface area contributed by atoms with E-state index in [1.165, 1.54) is 5.56 Å². The molecule has 1 aromatic carbocycles. The van der Waals surface area contributed by atoms with E-state index >= 15 is 0 Å². The Morgan fingerprint density at radius 2 is 2.27 bits per heavy atom. The Bertz CT molecular complexity index is 289. The fraction of sp³-hybridized carbons (Fsp3) is 0.500. The molecule has 0 aliphatic heterocycles. The van der Waals surface area contributed by atoms with Gasteiger partial charge in [0, 0.05) is 12.6 Å². The average Bonchev–Trinajstić information content (AvgIpc) is 2.27. The lowest BCUT2D eigenvalue weighted by molar-refractivity contribution is 0.251. The molecule has 15 heavy (non-hydrogen) atoms. The number of hydrogen-bond acceptors (Lipinski definition) is 3. The number of aliphatic hydroxyl groups excluding tert-OH is 1. The van der Waals surface area contributed by atoms with Crippen molar-refractivity contribution in [2.45, 2.75) is 26.4 Å². The number of nitrogens with one attached hydrogen (secondary N) is 1. The minimum absolute atomic E-state index is 0.126. The van der Waals surface area contributed by atoms with Crippen LogP contribution in [0.1, 0.15) is 19.4 Å². The van der Waals surface area contributed by atoms with Crippen LogP contribution in [0, 0.1) is 0 Å². The largest absolute Gasteiger partial charge is 0.494 e. The highest BCUT2D eigenvalue weighted by Gasteiger charge is 2.00. The molecule has 1 rings (SSSR count). The van der Waals surface area contributed by atoms with Crippen molar-refractivity contribution in [3.8, 4) is 5.75 Å². The molecule has 3 nitrogen and oxygen atoms in total. The van der Waals surface area contributed by atoms with Gasteiger partial charge in [0.05, 0.1) is 13.2 Å². The zero-order valence-electron chi connectivity index (χ0n) is 9.36. The van der Waals surface area contributed by atoms with Crippen molar-refractivity contribution in [2.75, 3.05) is 13.2 Å². The monoisotopic (exact) mass is 209 g/mol. The summed E-state index contributed by atoms with van der Waals surface area (Å²) in [6.07, 6.45) is 0. The van der Waals surface area contributed by atoms with Crippen LogP contribution in [0.15, 0.2) is 24.3 Å². The van der Waals surface area contributed by atoms with E-state index in [1.807, 2.05) is 38.1 Å². The molecule has 3 heteroatoms. The normalized spacial score (nSPS) is 12.5. The Kier molecular flexibility index (Phi) is 5.15. The maximum Gasteiger partial charge on any atom is 0.119 e. The van der Waals surface area contributed by atoms with E-state index in [9.17, 15) is 0 Å². The summed E-state index contributed by atoms with van der Waals surface area (Å²) < 4.78 is 5.40. The number of ether oxygens (including phenoxy) is 1. The molecule has 0 radical (unpaired) electrons. The van der Waals surface area contributed by atoms with E-state index in [2.05, 4.69) is 5.32 Å². The summed E-state index contributed by atoms with van der Waals surface area (Å²) in [4.78, 5) is 0. The molecule has 0 unspecified atom stereocenters. The Labute approximate surface area is 91.1 Å². The van der Waals surface area contributed by atoms with Gasteiger partial charge in [-0.1, -0.05) is 12.1 Å². The topological polar surface area (TPSA) is 41.5 Å². The van der Waals surface area contributed by atoms with E-state index in [0.29, 0.717) is 6.61 Å². The van der Waals surface area contributed by atoms with Crippen LogP contribution in [0.2, 0.25) is 0 Å². The molecular weight excluding hydrogens is 190 g/mol. The van der Waals surface area contributed by atoms with E-state index in [4.69, 9.17) is 9.84 Å². The Hall–Kier alpha value is -1.06. The van der Waals surface area contributed by atoms with Gasteiger partial charge in [0.1, 0.15) is 5.75 Å². The van der Waals surface area contributed by atoms with Gasteiger partial charge in [-0.3, -0.25) is 0 Å². The molecule has 0 aliphatic carbocycles. The second-order valence-corrected chi connectivity index (χ2v) is 3.54. The molecule has 0 spiro atoms. The van der Waals surface area contributed by atoms with Gasteiger partial charge in [0.2, 0.25) is 0 Å². The van der Waals surface area contributed by atoms with Crippen molar-refractivity contribution >= 4 is 0 Å². The van der Waals surface area contributed by atoms with Crippen LogP contribution >= 0.6 is 0 Å². The zero-order valence-corrected chi connectivity index (χ0v) is 9.36. The van der Waals surface area contributed by atoms with Crippen molar-refractivity contribution in [2.24, 2.45) is 0 Å². The minimum Gasteiger partial charge on any atom is -0.494 e. The third-order valence-corrected chi connectivity index (χ3v) is 2.14. The molecule has 2 N–H and O–H groups in total. The van der Waals surface area contributed by atoms with Crippen LogP contribution in [0.25, 0.3) is 0 Å². The van der Waals surface area contributed by atoms with Gasteiger partial charge in [-0.2, -0.15) is 0 Å². The number of benzene rings is 1. The van der Waals surface area contributed by atoms with Gasteiger partial charge in [-0.15, -0.1) is 0 Å². The van der Waals surface area contributed by atoms with Gasteiger partial charge in [0.25, 0.3) is 0 Å². The predicted molar refractivity (Wildman–Crippen MR) is 61.0 cm³/mol. The SMILES string of the molecule is CCOc1cccc(CN[C@H](C)CO)c1. The molecular formula is C12H19NO2. The summed E-state index contributed by atoms with van der Waals surface area (Å²) in [5, 5.41) is 12.1. The van der Waals surface area contributed by atoms with Crippen LogP contribution in [0.3, 0.4) is 0 Å². The molecule has 0 bridgehead atoms. The summed E-state index contributed by atoms with van der Waals surface area (Å²) in [7, 11) is 0. The quantitative estimate of drug-likeness (QED) is 0.747. The Morgan fingerprint density at radius 3 is 2.93 bits per heavy atom. The number of hydrogen-bond donors (Lipinski definition) is 2. The first kappa shape index (κ1) is 12.0. The fourth-order valence-corrected chi connectivity index (χ4v) is 1.27. The number of aliphatic hydroxyl groups is 1. The van der Waals surface area contributed by atoms with Crippen LogP contribution < -0.4 is 10.1 Å². The molecule has 0 amide bonds. The van der Waals surface area contributed by atoms with Crippen LogP contribution in [0.5, 0.6) is 5.75 Å². The van der Waals surface area contributed by atoms with E-state index in [1.54, 1.807) is 0 Å². The fourth-order valence-electron chi connectivity index (χ4n) is 1.27. The standard InChI is InChI=1S/C12H19NO2/c1-3-15-12-6-4-5-11(7-12)8-13-10(2)9-14/h4-7,10,13-14H,3,8-9H2,1-2H3/t10-/m1/s1. The third-order valence-electron chi connectivity index (χ3n) is 2.14. The lowest BCUT2D eigenvalue weighted by atomic mass is 10.2. The van der Waals surface area contributed by atoms with Crippen molar-refractivity contribution < 1.29 is 9.84 Å². The second kappa shape index (κ2) is 6.43. The van der Waals surface area contributed by atoms with Gasteiger partial charge >= 0.3 is 0 Å². The summed E-state index contributed by atoms with van der Waals surface area (Å²) in [6.45, 7) is 5.52. The molecule has 0 saturated heterocycles. The third kappa shape index (κ3) is 4.32. The van der Waals surface area contributed by atoms with Gasteiger partial charge in [-0.25, -0.2) is 0 Å². The molecule has 0 fully saturated rings. The smallest absolute Gasteiger partial charge is 0.119 e. The molecule has 0 aromatic heterocycles. The highest BCUT2D eigenvalue weighted by molar-refractivity contribution is 5.28. The van der Waals surface area contributed by atoms with Gasteiger partial charge < -0.3 is 15.2 Å². The Morgan fingerprint density at radius 1 is 1.47 bits per heavy atom. The summed E-state index contributed by atoms with van der Waals surface area (Å²) in [5.74, 6) is 0.897. The maximum absolute atomic E-state index is 8.86. The highest BCUT2D eigenvalue weighted by atomic mass is 16.5. The van der Waals surface area contributed by atoms with Crippen LogP contribution in [-0.4, -0.2) is 24.4 Å². The highest BCUT2D eigenvalue weighted by Crippen LogP contribution is 2.13. The summed E-state index contributed by atoms with van der Waals surface area (Å²) in [6, 6.07) is 8.11. The summed E-state index contributed by atoms with van der Waals surface area (Å²) in [5.41, 5.74) is 1.17. The van der Waals surface area contributed by atoms with Crippen LogP contribution in [0.4, 0.5) is 0 Å². The molecule has 0 aliphatic rings. The van der Waals surface area contributed by atoms with E-state index in [0.717, 1.165) is 12.3 Å². The molecule has 0 saturated carbocycles. The Balaban J connectivity index is 2.50. The lowest BCUT2D eigenvalue weighted by Gasteiger charge is -2.11. The minimum atomic E-state index is 0.126. The predicted octanol–water partition coefficient (Wildman–Crippen LogP) is 1.56. The first-order valence-corrected chi connectivity index (χ1v) is 5.32. The summed E-state index contributed by atoms with van der Waals surface area (Å²) >= 11 is 0. The van der Waals surface area contributed by atoms with Crippen molar-refractivity contribution in [1.29, 1.82) is 0 Å². The van der Waals surface area contributed by atoms with E-state index < -0.39 is 0 Å². The zero-order chi connectivity index (χ0) is 11.1. The average molecular weight is 209 g/mol. The number of rotatable bonds is 6. The van der Waals surface area contributed by atoms with Crippen molar-refractivity contribution in [3.63, 3.8) is 0 Å². The van der Waals surface area contributed by atoms with Crippen LogP contribution in [-0.2, 0) is 6.54 Å². The molecule has 1 atom stereocenters.